The van der Waals surface area contributed by atoms with E-state index in [1.54, 1.807) is 11.3 Å². The number of aromatic nitrogens is 4. The summed E-state index contributed by atoms with van der Waals surface area (Å²) >= 11 is 1.63. The summed E-state index contributed by atoms with van der Waals surface area (Å²) in [4.78, 5) is 12.7. The molecule has 8 heteroatoms. The van der Waals surface area contributed by atoms with Gasteiger partial charge in [0.1, 0.15) is 10.6 Å². The molecule has 0 radical (unpaired) electrons. The van der Waals surface area contributed by atoms with Gasteiger partial charge < -0.3 is 16.0 Å². The Hall–Kier alpha value is -2.19. The Labute approximate surface area is 137 Å². The quantitative estimate of drug-likeness (QED) is 0.683. The second-order valence-corrected chi connectivity index (χ2v) is 6.79. The minimum atomic E-state index is 0.293. The van der Waals surface area contributed by atoms with E-state index in [0.717, 1.165) is 59.4 Å². The van der Waals surface area contributed by atoms with Crippen molar-refractivity contribution in [1.82, 2.24) is 20.2 Å². The first-order valence-electron chi connectivity index (χ1n) is 7.74. The summed E-state index contributed by atoms with van der Waals surface area (Å²) in [5.74, 6) is 2.33. The minimum Gasteiger partial charge on any atom is -0.341 e. The number of thiophene rings is 1. The number of hydrogen-bond donors (Lipinski definition) is 3. The zero-order valence-corrected chi connectivity index (χ0v) is 13.7. The van der Waals surface area contributed by atoms with Crippen LogP contribution in [0.1, 0.15) is 18.5 Å². The molecule has 0 spiro atoms. The van der Waals surface area contributed by atoms with Crippen molar-refractivity contribution in [3.05, 3.63) is 23.2 Å². The molecule has 0 atom stereocenters. The van der Waals surface area contributed by atoms with E-state index >= 15 is 0 Å². The second kappa shape index (κ2) is 5.78. The number of anilines is 3. The molecule has 23 heavy (non-hydrogen) atoms. The highest BCUT2D eigenvalue weighted by Crippen LogP contribution is 2.30. The summed E-state index contributed by atoms with van der Waals surface area (Å²) in [5, 5.41) is 13.5. The topological polar surface area (TPSA) is 95.8 Å². The second-order valence-electron chi connectivity index (χ2n) is 5.90. The molecule has 4 N–H and O–H groups in total. The van der Waals surface area contributed by atoms with E-state index in [9.17, 15) is 0 Å². The highest BCUT2D eigenvalue weighted by molar-refractivity contribution is 7.16. The summed E-state index contributed by atoms with van der Waals surface area (Å²) in [6, 6.07) is 4.29. The van der Waals surface area contributed by atoms with E-state index in [2.05, 4.69) is 20.4 Å². The van der Waals surface area contributed by atoms with Gasteiger partial charge in [-0.25, -0.2) is 4.98 Å². The van der Waals surface area contributed by atoms with Crippen LogP contribution in [0.4, 0.5) is 17.6 Å². The zero-order chi connectivity index (χ0) is 15.8. The third-order valence-electron chi connectivity index (χ3n) is 4.09. The van der Waals surface area contributed by atoms with E-state index in [1.807, 2.05) is 24.4 Å². The minimum absolute atomic E-state index is 0.293. The standard InChI is InChI=1S/C15H19N7S/c1-9-8-12(21-20-9)17-13-11-4-7-23-14(11)19-15(18-13)22-5-2-10(16)3-6-22/h4,7-8,10H,2-3,5-6,16H2,1H3,(H2,17,18,19,20,21). The van der Waals surface area contributed by atoms with Crippen molar-refractivity contribution in [3.63, 3.8) is 0 Å². The number of nitrogens with two attached hydrogens (primary N) is 1. The Balaban J connectivity index is 1.69. The summed E-state index contributed by atoms with van der Waals surface area (Å²) in [7, 11) is 0. The number of H-pyrrole nitrogens is 1. The van der Waals surface area contributed by atoms with Crippen molar-refractivity contribution >= 4 is 39.1 Å². The Kier molecular flexibility index (Phi) is 3.62. The lowest BCUT2D eigenvalue weighted by molar-refractivity contribution is 0.496. The van der Waals surface area contributed by atoms with E-state index in [4.69, 9.17) is 15.7 Å². The molecule has 0 unspecified atom stereocenters. The molecule has 4 rings (SSSR count). The molecule has 4 heterocycles. The van der Waals surface area contributed by atoms with Gasteiger partial charge in [0.25, 0.3) is 0 Å². The first-order chi connectivity index (χ1) is 11.2. The van der Waals surface area contributed by atoms with Crippen molar-refractivity contribution in [1.29, 1.82) is 0 Å². The van der Waals surface area contributed by atoms with Gasteiger partial charge in [-0.2, -0.15) is 10.1 Å². The van der Waals surface area contributed by atoms with E-state index in [1.165, 1.54) is 0 Å². The molecule has 0 aliphatic carbocycles. The fraction of sp³-hybridized carbons (Fsp3) is 0.400. The molecule has 3 aromatic heterocycles. The first kappa shape index (κ1) is 14.4. The van der Waals surface area contributed by atoms with Gasteiger partial charge in [0.15, 0.2) is 5.82 Å². The summed E-state index contributed by atoms with van der Waals surface area (Å²) in [6.07, 6.45) is 1.96. The largest absolute Gasteiger partial charge is 0.341 e. The molecule has 0 amide bonds. The molecule has 3 aromatic rings. The third kappa shape index (κ3) is 2.87. The maximum Gasteiger partial charge on any atom is 0.228 e. The van der Waals surface area contributed by atoms with Crippen LogP contribution in [0.5, 0.6) is 0 Å². The van der Waals surface area contributed by atoms with Gasteiger partial charge in [-0.05, 0) is 31.2 Å². The highest BCUT2D eigenvalue weighted by atomic mass is 32.1. The molecule has 0 bridgehead atoms. The SMILES string of the molecule is Cc1cc(Nc2nc(N3CCC(N)CC3)nc3sccc23)n[nH]1. The lowest BCUT2D eigenvalue weighted by Crippen LogP contribution is -2.40. The number of piperidine rings is 1. The predicted molar refractivity (Wildman–Crippen MR) is 93.4 cm³/mol. The van der Waals surface area contributed by atoms with Gasteiger partial charge in [-0.15, -0.1) is 11.3 Å². The Morgan fingerprint density at radius 3 is 2.91 bits per heavy atom. The average molecular weight is 329 g/mol. The van der Waals surface area contributed by atoms with Crippen LogP contribution in [0, 0.1) is 6.92 Å². The molecule has 0 saturated carbocycles. The number of fused-ring (bicyclic) bond motifs is 1. The third-order valence-corrected chi connectivity index (χ3v) is 4.89. The van der Waals surface area contributed by atoms with Crippen molar-refractivity contribution in [2.45, 2.75) is 25.8 Å². The number of nitrogens with zero attached hydrogens (tertiary/aromatic N) is 4. The number of aromatic amines is 1. The molecule has 1 fully saturated rings. The van der Waals surface area contributed by atoms with E-state index in [0.29, 0.717) is 6.04 Å². The number of rotatable bonds is 3. The molecule has 120 valence electrons. The molecule has 1 saturated heterocycles. The first-order valence-corrected chi connectivity index (χ1v) is 8.62. The molecule has 1 aliphatic rings. The van der Waals surface area contributed by atoms with Gasteiger partial charge in [-0.1, -0.05) is 0 Å². The van der Waals surface area contributed by atoms with E-state index in [-0.39, 0.29) is 0 Å². The van der Waals surface area contributed by atoms with Crippen LogP contribution in [0.15, 0.2) is 17.5 Å². The van der Waals surface area contributed by atoms with Crippen LogP contribution in [0.25, 0.3) is 10.2 Å². The van der Waals surface area contributed by atoms with Crippen LogP contribution in [0.2, 0.25) is 0 Å². The number of nitrogens with one attached hydrogen (secondary N) is 2. The van der Waals surface area contributed by atoms with Crippen molar-refractivity contribution < 1.29 is 0 Å². The van der Waals surface area contributed by atoms with Crippen molar-refractivity contribution in [3.8, 4) is 0 Å². The van der Waals surface area contributed by atoms with Crippen LogP contribution in [-0.4, -0.2) is 39.3 Å². The van der Waals surface area contributed by atoms with E-state index < -0.39 is 0 Å². The maximum absolute atomic E-state index is 5.99. The highest BCUT2D eigenvalue weighted by Gasteiger charge is 2.20. The van der Waals surface area contributed by atoms with Crippen LogP contribution in [0.3, 0.4) is 0 Å². The molecule has 7 nitrogen and oxygen atoms in total. The lowest BCUT2D eigenvalue weighted by atomic mass is 10.1. The summed E-state index contributed by atoms with van der Waals surface area (Å²) in [6.45, 7) is 3.78. The van der Waals surface area contributed by atoms with Crippen LogP contribution >= 0.6 is 11.3 Å². The number of hydrogen-bond acceptors (Lipinski definition) is 7. The maximum atomic E-state index is 5.99. The monoisotopic (exact) mass is 329 g/mol. The normalized spacial score (nSPS) is 16.2. The van der Waals surface area contributed by atoms with Gasteiger partial charge >= 0.3 is 0 Å². The Bertz CT molecular complexity index is 816. The summed E-state index contributed by atoms with van der Waals surface area (Å²) < 4.78 is 0. The number of aryl methyl sites for hydroxylation is 1. The fourth-order valence-electron chi connectivity index (χ4n) is 2.78. The fourth-order valence-corrected chi connectivity index (χ4v) is 3.54. The molecular formula is C15H19N7S. The van der Waals surface area contributed by atoms with Crippen molar-refractivity contribution in [2.24, 2.45) is 5.73 Å². The van der Waals surface area contributed by atoms with Crippen LogP contribution < -0.4 is 16.0 Å². The smallest absolute Gasteiger partial charge is 0.228 e. The van der Waals surface area contributed by atoms with Crippen LogP contribution in [-0.2, 0) is 0 Å². The molecule has 0 aromatic carbocycles. The Morgan fingerprint density at radius 2 is 2.17 bits per heavy atom. The van der Waals surface area contributed by atoms with Crippen molar-refractivity contribution in [2.75, 3.05) is 23.3 Å². The zero-order valence-electron chi connectivity index (χ0n) is 12.9. The molecule has 1 aliphatic heterocycles. The predicted octanol–water partition coefficient (Wildman–Crippen LogP) is 2.39. The van der Waals surface area contributed by atoms with Gasteiger partial charge in [0, 0.05) is 30.9 Å². The molecular weight excluding hydrogens is 310 g/mol. The average Bonchev–Trinajstić information content (AvgIpc) is 3.17. The lowest BCUT2D eigenvalue weighted by Gasteiger charge is -2.30. The Morgan fingerprint density at radius 1 is 1.35 bits per heavy atom. The summed E-state index contributed by atoms with van der Waals surface area (Å²) in [5.41, 5.74) is 7.00. The van der Waals surface area contributed by atoms with Gasteiger partial charge in [0.05, 0.1) is 5.39 Å². The van der Waals surface area contributed by atoms with Gasteiger partial charge in [-0.3, -0.25) is 5.10 Å². The van der Waals surface area contributed by atoms with Gasteiger partial charge in [0.2, 0.25) is 5.95 Å².